The van der Waals surface area contributed by atoms with Gasteiger partial charge in [0.15, 0.2) is 0 Å². The van der Waals surface area contributed by atoms with E-state index >= 15 is 0 Å². The van der Waals surface area contributed by atoms with Crippen LogP contribution in [0, 0.1) is 29.6 Å². The number of benzene rings is 1. The van der Waals surface area contributed by atoms with Gasteiger partial charge < -0.3 is 4.74 Å². The summed E-state index contributed by atoms with van der Waals surface area (Å²) in [5.41, 5.74) is 2.40. The molecular formula is C20H20Cl2O2. The third-order valence-corrected chi connectivity index (χ3v) is 4.91. The van der Waals surface area contributed by atoms with Crippen LogP contribution in [0.4, 0.5) is 0 Å². The Balaban J connectivity index is 2.06. The highest BCUT2D eigenvalue weighted by molar-refractivity contribution is 6.55. The molecule has 0 aliphatic heterocycles. The molecule has 2 nitrogen and oxygen atoms in total. The Morgan fingerprint density at radius 2 is 1.96 bits per heavy atom. The lowest BCUT2D eigenvalue weighted by Crippen LogP contribution is -2.13. The van der Waals surface area contributed by atoms with Gasteiger partial charge in [0.25, 0.3) is 0 Å². The van der Waals surface area contributed by atoms with Gasteiger partial charge in [0.2, 0.25) is 0 Å². The minimum absolute atomic E-state index is 0.0107. The number of halogens is 2. The van der Waals surface area contributed by atoms with Crippen molar-refractivity contribution in [1.82, 2.24) is 0 Å². The summed E-state index contributed by atoms with van der Waals surface area (Å²) >= 11 is 11.4. The van der Waals surface area contributed by atoms with E-state index in [-0.39, 0.29) is 34.3 Å². The summed E-state index contributed by atoms with van der Waals surface area (Å²) in [6.45, 7) is 6.00. The van der Waals surface area contributed by atoms with Crippen LogP contribution >= 0.6 is 23.2 Å². The summed E-state index contributed by atoms with van der Waals surface area (Å²) in [4.78, 5) is 12.4. The molecule has 4 heteroatoms. The summed E-state index contributed by atoms with van der Waals surface area (Å²) < 4.78 is 5.63. The van der Waals surface area contributed by atoms with E-state index in [0.717, 1.165) is 11.1 Å². The van der Waals surface area contributed by atoms with E-state index in [0.29, 0.717) is 5.57 Å². The van der Waals surface area contributed by atoms with Crippen molar-refractivity contribution in [2.24, 2.45) is 17.3 Å². The second kappa shape index (κ2) is 7.47. The lowest BCUT2D eigenvalue weighted by Gasteiger charge is -2.09. The molecule has 0 amide bonds. The van der Waals surface area contributed by atoms with Crippen molar-refractivity contribution in [2.75, 3.05) is 6.61 Å². The SMILES string of the molecule is C#CC(COC(=O)C1C(C=C(Cl)Cl)C1(C)C)=C(C)c1ccccc1. The van der Waals surface area contributed by atoms with Crippen molar-refractivity contribution in [3.05, 3.63) is 52.0 Å². The maximum atomic E-state index is 12.4. The van der Waals surface area contributed by atoms with Crippen LogP contribution in [0.25, 0.3) is 5.57 Å². The van der Waals surface area contributed by atoms with Crippen LogP contribution in [0.5, 0.6) is 0 Å². The molecule has 0 saturated heterocycles. The number of terminal acetylenes is 1. The molecule has 0 N–H and O–H groups in total. The summed E-state index contributed by atoms with van der Waals surface area (Å²) in [5, 5.41) is 0. The van der Waals surface area contributed by atoms with Gasteiger partial charge in [-0.2, -0.15) is 0 Å². The van der Waals surface area contributed by atoms with Gasteiger partial charge in [-0.1, -0.05) is 73.3 Å². The minimum Gasteiger partial charge on any atom is -0.460 e. The predicted octanol–water partition coefficient (Wildman–Crippen LogP) is 5.23. The van der Waals surface area contributed by atoms with Gasteiger partial charge in [0, 0.05) is 5.57 Å². The molecule has 1 aliphatic carbocycles. The number of hydrogen-bond acceptors (Lipinski definition) is 2. The van der Waals surface area contributed by atoms with Crippen LogP contribution in [-0.2, 0) is 9.53 Å². The van der Waals surface area contributed by atoms with Crippen LogP contribution in [0.2, 0.25) is 0 Å². The first kappa shape index (κ1) is 18.6. The number of carbonyl (C=O) groups excluding carboxylic acids is 1. The molecular weight excluding hydrogens is 343 g/mol. The Kier molecular flexibility index (Phi) is 5.80. The number of ether oxygens (including phenoxy) is 1. The highest BCUT2D eigenvalue weighted by atomic mass is 35.5. The van der Waals surface area contributed by atoms with E-state index in [9.17, 15) is 4.79 Å². The molecule has 0 aromatic heterocycles. The normalized spacial score (nSPS) is 22.0. The van der Waals surface area contributed by atoms with E-state index in [1.165, 1.54) is 0 Å². The van der Waals surface area contributed by atoms with Crippen LogP contribution in [0.3, 0.4) is 0 Å². The Morgan fingerprint density at radius 3 is 2.50 bits per heavy atom. The minimum atomic E-state index is -0.274. The van der Waals surface area contributed by atoms with Crippen LogP contribution in [0.1, 0.15) is 26.3 Å². The fraction of sp³-hybridized carbons (Fsp3) is 0.350. The summed E-state index contributed by atoms with van der Waals surface area (Å²) in [6, 6.07) is 9.78. The maximum Gasteiger partial charge on any atom is 0.310 e. The van der Waals surface area contributed by atoms with Crippen LogP contribution < -0.4 is 0 Å². The highest BCUT2D eigenvalue weighted by Gasteiger charge is 2.61. The molecule has 0 heterocycles. The van der Waals surface area contributed by atoms with Gasteiger partial charge in [-0.05, 0) is 35.5 Å². The van der Waals surface area contributed by atoms with E-state index in [1.54, 1.807) is 6.08 Å². The zero-order valence-electron chi connectivity index (χ0n) is 14.0. The molecule has 0 spiro atoms. The lowest BCUT2D eigenvalue weighted by molar-refractivity contribution is -0.145. The van der Waals surface area contributed by atoms with Gasteiger partial charge in [0.05, 0.1) is 5.92 Å². The number of carbonyl (C=O) groups is 1. The van der Waals surface area contributed by atoms with Gasteiger partial charge in [-0.3, -0.25) is 4.79 Å². The van der Waals surface area contributed by atoms with Crippen molar-refractivity contribution >= 4 is 34.7 Å². The first-order valence-electron chi connectivity index (χ1n) is 7.70. The van der Waals surface area contributed by atoms with Gasteiger partial charge in [-0.25, -0.2) is 0 Å². The van der Waals surface area contributed by atoms with Gasteiger partial charge >= 0.3 is 5.97 Å². The zero-order chi connectivity index (χ0) is 17.9. The summed E-state index contributed by atoms with van der Waals surface area (Å²) in [6.07, 6.45) is 7.29. The fourth-order valence-corrected chi connectivity index (χ4v) is 3.20. The first-order chi connectivity index (χ1) is 11.3. The molecule has 24 heavy (non-hydrogen) atoms. The second-order valence-corrected chi connectivity index (χ2v) is 7.51. The van der Waals surface area contributed by atoms with E-state index in [1.807, 2.05) is 51.1 Å². The smallest absolute Gasteiger partial charge is 0.310 e. The first-order valence-corrected chi connectivity index (χ1v) is 8.46. The van der Waals surface area contributed by atoms with Gasteiger partial charge in [-0.15, -0.1) is 6.42 Å². The van der Waals surface area contributed by atoms with E-state index in [4.69, 9.17) is 34.4 Å². The molecule has 1 aromatic carbocycles. The van der Waals surface area contributed by atoms with E-state index < -0.39 is 0 Å². The molecule has 2 atom stereocenters. The largest absolute Gasteiger partial charge is 0.460 e. The number of rotatable bonds is 5. The topological polar surface area (TPSA) is 26.3 Å². The molecule has 2 rings (SSSR count). The molecule has 2 unspecified atom stereocenters. The molecule has 1 saturated carbocycles. The third kappa shape index (κ3) is 4.04. The van der Waals surface area contributed by atoms with Crippen LogP contribution in [0.15, 0.2) is 46.5 Å². The number of allylic oxidation sites excluding steroid dienone is 2. The Bertz CT molecular complexity index is 720. The number of esters is 1. The predicted molar refractivity (Wildman–Crippen MR) is 99.4 cm³/mol. The zero-order valence-corrected chi connectivity index (χ0v) is 15.5. The molecule has 0 bridgehead atoms. The average Bonchev–Trinajstić information content (AvgIpc) is 3.08. The molecule has 1 aromatic rings. The highest BCUT2D eigenvalue weighted by Crippen LogP contribution is 2.60. The Morgan fingerprint density at radius 1 is 1.33 bits per heavy atom. The third-order valence-electron chi connectivity index (χ3n) is 4.66. The van der Waals surface area contributed by atoms with Crippen molar-refractivity contribution in [2.45, 2.75) is 20.8 Å². The quantitative estimate of drug-likeness (QED) is 0.529. The monoisotopic (exact) mass is 362 g/mol. The van der Waals surface area contributed by atoms with Crippen molar-refractivity contribution < 1.29 is 9.53 Å². The lowest BCUT2D eigenvalue weighted by atomic mass is 10.0. The van der Waals surface area contributed by atoms with E-state index in [2.05, 4.69) is 5.92 Å². The standard InChI is InChI=1S/C20H20Cl2O2/c1-5-14(13(2)15-9-7-6-8-10-15)12-24-19(23)18-16(11-17(21)22)20(18,3)4/h1,6-11,16,18H,12H2,2-4H3. The molecule has 126 valence electrons. The molecule has 0 radical (unpaired) electrons. The Labute approximate surface area is 153 Å². The average molecular weight is 363 g/mol. The van der Waals surface area contributed by atoms with Crippen molar-refractivity contribution in [3.63, 3.8) is 0 Å². The van der Waals surface area contributed by atoms with Crippen molar-refractivity contribution in [3.8, 4) is 12.3 Å². The second-order valence-electron chi connectivity index (χ2n) is 6.50. The summed E-state index contributed by atoms with van der Waals surface area (Å²) in [5.74, 6) is 2.09. The summed E-state index contributed by atoms with van der Waals surface area (Å²) in [7, 11) is 0. The molecule has 1 aliphatic rings. The van der Waals surface area contributed by atoms with Crippen LogP contribution in [-0.4, -0.2) is 12.6 Å². The van der Waals surface area contributed by atoms with Gasteiger partial charge in [0.1, 0.15) is 11.1 Å². The van der Waals surface area contributed by atoms with Crippen molar-refractivity contribution in [1.29, 1.82) is 0 Å². The molecule has 1 fully saturated rings. The maximum absolute atomic E-state index is 12.4. The number of hydrogen-bond donors (Lipinski definition) is 0. The Hall–Kier alpha value is -1.69. The fourth-order valence-electron chi connectivity index (χ4n) is 2.93.